The van der Waals surface area contributed by atoms with Gasteiger partial charge in [0.15, 0.2) is 0 Å². The standard InChI is InChI=1S/C31H33FN4OSi/c1-35(16-15-32)29-12-7-24(8-13-29)9-14-30-20-27-19-28(26-10-5-25(21-33)6-11-26)22-34-31(27)36(30)23-37-17-18-38(2,3)4/h5-8,10-13,19-20,22H,15-18,23H2,1-4H3. The molecule has 0 fully saturated rings. The van der Waals surface area contributed by atoms with Gasteiger partial charge in [0, 0.05) is 56.7 Å². The first-order valence-electron chi connectivity index (χ1n) is 12.7. The molecule has 0 saturated heterocycles. The smallest absolute Gasteiger partial charge is 0.142 e. The number of rotatable bonds is 9. The van der Waals surface area contributed by atoms with Gasteiger partial charge in [0.2, 0.25) is 0 Å². The van der Waals surface area contributed by atoms with Crippen molar-refractivity contribution >= 4 is 24.8 Å². The molecular formula is C31H33FN4OSi. The summed E-state index contributed by atoms with van der Waals surface area (Å²) in [7, 11) is 0.677. The van der Waals surface area contributed by atoms with E-state index < -0.39 is 8.07 Å². The first-order valence-corrected chi connectivity index (χ1v) is 16.4. The third-order valence-corrected chi connectivity index (χ3v) is 8.06. The van der Waals surface area contributed by atoms with Crippen LogP contribution in [0.3, 0.4) is 0 Å². The second kappa shape index (κ2) is 12.1. The third-order valence-electron chi connectivity index (χ3n) is 6.36. The van der Waals surface area contributed by atoms with Crippen molar-refractivity contribution in [1.82, 2.24) is 9.55 Å². The summed E-state index contributed by atoms with van der Waals surface area (Å²) in [6, 6.07) is 22.7. The zero-order valence-electron chi connectivity index (χ0n) is 22.5. The summed E-state index contributed by atoms with van der Waals surface area (Å²) in [6.45, 7) is 8.08. The number of halogens is 1. The van der Waals surface area contributed by atoms with E-state index in [0.717, 1.165) is 45.1 Å². The van der Waals surface area contributed by atoms with Gasteiger partial charge in [-0.25, -0.2) is 9.37 Å². The Morgan fingerprint density at radius 3 is 2.34 bits per heavy atom. The Hall–Kier alpha value is -3.91. The van der Waals surface area contributed by atoms with Gasteiger partial charge in [-0.15, -0.1) is 0 Å². The number of alkyl halides is 1. The molecule has 2 heterocycles. The maximum atomic E-state index is 12.7. The van der Waals surface area contributed by atoms with Crippen molar-refractivity contribution in [2.24, 2.45) is 0 Å². The molecule has 0 atom stereocenters. The maximum Gasteiger partial charge on any atom is 0.142 e. The molecular weight excluding hydrogens is 491 g/mol. The van der Waals surface area contributed by atoms with Gasteiger partial charge in [-0.1, -0.05) is 37.7 Å². The van der Waals surface area contributed by atoms with Gasteiger partial charge in [0.1, 0.15) is 19.1 Å². The Kier molecular flexibility index (Phi) is 8.63. The second-order valence-corrected chi connectivity index (χ2v) is 16.2. The van der Waals surface area contributed by atoms with E-state index >= 15 is 0 Å². The largest absolute Gasteiger partial charge is 0.372 e. The minimum Gasteiger partial charge on any atom is -0.372 e. The molecule has 0 spiro atoms. The van der Waals surface area contributed by atoms with Crippen LogP contribution in [0.2, 0.25) is 25.7 Å². The van der Waals surface area contributed by atoms with Gasteiger partial charge in [-0.3, -0.25) is 4.57 Å². The second-order valence-electron chi connectivity index (χ2n) is 10.5. The molecule has 0 saturated carbocycles. The Balaban J connectivity index is 1.64. The molecule has 0 amide bonds. The molecule has 0 aliphatic rings. The molecule has 0 unspecified atom stereocenters. The summed E-state index contributed by atoms with van der Waals surface area (Å²) in [5.41, 5.74) is 6.10. The number of anilines is 1. The van der Waals surface area contributed by atoms with E-state index in [4.69, 9.17) is 15.0 Å². The summed E-state index contributed by atoms with van der Waals surface area (Å²) in [6.07, 6.45) is 1.85. The lowest BCUT2D eigenvalue weighted by atomic mass is 10.1. The van der Waals surface area contributed by atoms with Crippen LogP contribution in [-0.4, -0.2) is 44.5 Å². The van der Waals surface area contributed by atoms with Crippen molar-refractivity contribution in [3.8, 4) is 29.0 Å². The summed E-state index contributed by atoms with van der Waals surface area (Å²) >= 11 is 0. The fourth-order valence-corrected chi connectivity index (χ4v) is 4.76. The number of aromatic nitrogens is 2. The highest BCUT2D eigenvalue weighted by Gasteiger charge is 2.14. The summed E-state index contributed by atoms with van der Waals surface area (Å²) in [4.78, 5) is 6.65. The molecule has 0 N–H and O–H groups in total. The highest BCUT2D eigenvalue weighted by atomic mass is 28.3. The Bertz CT molecular complexity index is 1490. The van der Waals surface area contributed by atoms with Crippen LogP contribution in [0, 0.1) is 23.2 Å². The van der Waals surface area contributed by atoms with Gasteiger partial charge >= 0.3 is 0 Å². The Morgan fingerprint density at radius 2 is 1.68 bits per heavy atom. The number of fused-ring (bicyclic) bond motifs is 1. The molecule has 194 valence electrons. The average molecular weight is 525 g/mol. The zero-order chi connectivity index (χ0) is 27.1. The molecule has 4 rings (SSSR count). The predicted molar refractivity (Wildman–Crippen MR) is 156 cm³/mol. The first kappa shape index (κ1) is 27.1. The minimum absolute atomic E-state index is 0.361. The zero-order valence-corrected chi connectivity index (χ0v) is 23.5. The van der Waals surface area contributed by atoms with Gasteiger partial charge in [0.05, 0.1) is 17.3 Å². The normalized spacial score (nSPS) is 11.2. The third kappa shape index (κ3) is 6.89. The monoisotopic (exact) mass is 524 g/mol. The number of hydrogen-bond donors (Lipinski definition) is 0. The molecule has 38 heavy (non-hydrogen) atoms. The molecule has 4 aromatic rings. The highest BCUT2D eigenvalue weighted by molar-refractivity contribution is 6.76. The maximum absolute atomic E-state index is 12.7. The van der Waals surface area contributed by atoms with Crippen molar-refractivity contribution in [3.63, 3.8) is 0 Å². The summed E-state index contributed by atoms with van der Waals surface area (Å²) in [5.74, 6) is 6.58. The van der Waals surface area contributed by atoms with E-state index in [1.165, 1.54) is 0 Å². The van der Waals surface area contributed by atoms with E-state index in [1.807, 2.05) is 77.3 Å². The van der Waals surface area contributed by atoms with Crippen molar-refractivity contribution in [2.45, 2.75) is 32.4 Å². The fourth-order valence-electron chi connectivity index (χ4n) is 4.00. The number of benzene rings is 2. The van der Waals surface area contributed by atoms with Gasteiger partial charge < -0.3 is 9.64 Å². The molecule has 0 aliphatic carbocycles. The van der Waals surface area contributed by atoms with Crippen LogP contribution in [-0.2, 0) is 11.5 Å². The molecule has 7 heteroatoms. The minimum atomic E-state index is -1.20. The summed E-state index contributed by atoms with van der Waals surface area (Å²) < 4.78 is 20.8. The molecule has 0 bridgehead atoms. The van der Waals surface area contributed by atoms with E-state index in [9.17, 15) is 4.39 Å². The summed E-state index contributed by atoms with van der Waals surface area (Å²) in [5, 5.41) is 10.1. The number of nitrogens with zero attached hydrogens (tertiary/aromatic N) is 4. The number of nitriles is 1. The van der Waals surface area contributed by atoms with Crippen LogP contribution in [0.5, 0.6) is 0 Å². The van der Waals surface area contributed by atoms with Crippen molar-refractivity contribution in [2.75, 3.05) is 31.8 Å². The van der Waals surface area contributed by atoms with Crippen LogP contribution in [0.25, 0.3) is 22.2 Å². The van der Waals surface area contributed by atoms with Crippen LogP contribution in [0.15, 0.2) is 66.9 Å². The molecule has 0 aliphatic heterocycles. The van der Waals surface area contributed by atoms with Crippen LogP contribution >= 0.6 is 0 Å². The SMILES string of the molecule is CN(CCF)c1ccc(C#Cc2cc3cc(-c4ccc(C#N)cc4)cnc3n2COCC[Si](C)(C)C)cc1. The van der Waals surface area contributed by atoms with Gasteiger partial charge in [-0.2, -0.15) is 5.26 Å². The van der Waals surface area contributed by atoms with Gasteiger partial charge in [0.25, 0.3) is 0 Å². The predicted octanol–water partition coefficient (Wildman–Crippen LogP) is 6.69. The Morgan fingerprint density at radius 1 is 0.974 bits per heavy atom. The van der Waals surface area contributed by atoms with Crippen LogP contribution in [0.4, 0.5) is 10.1 Å². The van der Waals surface area contributed by atoms with Crippen molar-refractivity contribution in [3.05, 3.63) is 83.7 Å². The van der Waals surface area contributed by atoms with Crippen molar-refractivity contribution < 1.29 is 9.13 Å². The van der Waals surface area contributed by atoms with E-state index in [-0.39, 0.29) is 6.67 Å². The first-order chi connectivity index (χ1) is 18.3. The fraction of sp³-hybridized carbons (Fsp3) is 0.290. The van der Waals surface area contributed by atoms with Crippen LogP contribution in [0.1, 0.15) is 16.8 Å². The van der Waals surface area contributed by atoms with E-state index in [2.05, 4.69) is 43.6 Å². The van der Waals surface area contributed by atoms with Gasteiger partial charge in [-0.05, 0) is 66.1 Å². The number of ether oxygens (including phenoxy) is 1. The lowest BCUT2D eigenvalue weighted by Crippen LogP contribution is -2.22. The molecule has 0 radical (unpaired) electrons. The lowest BCUT2D eigenvalue weighted by Gasteiger charge is -2.17. The van der Waals surface area contributed by atoms with Crippen molar-refractivity contribution in [1.29, 1.82) is 5.26 Å². The lowest BCUT2D eigenvalue weighted by molar-refractivity contribution is 0.0894. The average Bonchev–Trinajstić information content (AvgIpc) is 3.26. The molecule has 5 nitrogen and oxygen atoms in total. The van der Waals surface area contributed by atoms with Crippen LogP contribution < -0.4 is 4.90 Å². The highest BCUT2D eigenvalue weighted by Crippen LogP contribution is 2.26. The van der Waals surface area contributed by atoms with E-state index in [1.54, 1.807) is 0 Å². The Labute approximate surface area is 225 Å². The van der Waals surface area contributed by atoms with E-state index in [0.29, 0.717) is 25.4 Å². The topological polar surface area (TPSA) is 54.1 Å². The number of hydrogen-bond acceptors (Lipinski definition) is 4. The quantitative estimate of drug-likeness (QED) is 0.139. The molecule has 2 aromatic heterocycles. The molecule has 2 aromatic carbocycles. The number of pyridine rings is 1.